The summed E-state index contributed by atoms with van der Waals surface area (Å²) in [5.74, 6) is 0. The first-order valence-corrected chi connectivity index (χ1v) is 5.90. The molecule has 4 heteroatoms. The van der Waals surface area contributed by atoms with E-state index in [1.807, 2.05) is 24.3 Å². The highest BCUT2D eigenvalue weighted by molar-refractivity contribution is 5.76. The first-order valence-electron chi connectivity index (χ1n) is 5.90. The molecule has 1 fully saturated rings. The van der Waals surface area contributed by atoms with E-state index in [2.05, 4.69) is 4.98 Å². The third-order valence-corrected chi connectivity index (χ3v) is 3.27. The normalized spacial score (nSPS) is 17.4. The molecule has 0 unspecified atom stereocenters. The molecule has 4 nitrogen and oxygen atoms in total. The van der Waals surface area contributed by atoms with E-state index in [1.165, 1.54) is 0 Å². The molecule has 1 aromatic carbocycles. The van der Waals surface area contributed by atoms with Gasteiger partial charge in [0, 0.05) is 19.3 Å². The second-order valence-electron chi connectivity index (χ2n) is 4.32. The Hall–Kier alpha value is -1.68. The van der Waals surface area contributed by atoms with Gasteiger partial charge >= 0.3 is 0 Å². The number of rotatable bonds is 1. The number of aromatic nitrogens is 2. The molecule has 0 saturated carbocycles. The molecule has 1 aromatic heterocycles. The van der Waals surface area contributed by atoms with Gasteiger partial charge in [0.05, 0.1) is 17.2 Å². The first-order chi connectivity index (χ1) is 8.36. The molecule has 1 aliphatic heterocycles. The summed E-state index contributed by atoms with van der Waals surface area (Å²) < 4.78 is 7.07. The molecule has 2 heterocycles. The lowest BCUT2D eigenvalue weighted by Crippen LogP contribution is -2.29. The average molecular weight is 230 g/mol. The number of hydrogen-bond acceptors (Lipinski definition) is 3. The van der Waals surface area contributed by atoms with Crippen molar-refractivity contribution in [2.45, 2.75) is 18.9 Å². The largest absolute Gasteiger partial charge is 0.381 e. The molecular formula is C13H14N2O2. The summed E-state index contributed by atoms with van der Waals surface area (Å²) >= 11 is 0. The van der Waals surface area contributed by atoms with Crippen LogP contribution in [0.5, 0.6) is 0 Å². The highest BCUT2D eigenvalue weighted by Crippen LogP contribution is 2.19. The van der Waals surface area contributed by atoms with Crippen molar-refractivity contribution in [3.8, 4) is 0 Å². The zero-order valence-electron chi connectivity index (χ0n) is 9.50. The van der Waals surface area contributed by atoms with Crippen LogP contribution >= 0.6 is 0 Å². The van der Waals surface area contributed by atoms with Crippen molar-refractivity contribution < 1.29 is 4.74 Å². The molecule has 0 radical (unpaired) electrons. The minimum atomic E-state index is 0.0579. The van der Waals surface area contributed by atoms with Crippen molar-refractivity contribution in [3.05, 3.63) is 40.9 Å². The predicted octanol–water partition coefficient (Wildman–Crippen LogP) is 1.75. The number of ether oxygens (including phenoxy) is 1. The smallest absolute Gasteiger partial charge is 0.261 e. The summed E-state index contributed by atoms with van der Waals surface area (Å²) in [7, 11) is 0. The highest BCUT2D eigenvalue weighted by Gasteiger charge is 2.17. The zero-order valence-corrected chi connectivity index (χ0v) is 9.50. The lowest BCUT2D eigenvalue weighted by molar-refractivity contribution is 0.0685. The third-order valence-electron chi connectivity index (χ3n) is 3.27. The van der Waals surface area contributed by atoms with Crippen LogP contribution in [-0.2, 0) is 4.74 Å². The van der Waals surface area contributed by atoms with Crippen LogP contribution in [0, 0.1) is 0 Å². The monoisotopic (exact) mass is 230 g/mol. The molecule has 1 saturated heterocycles. The number of nitrogens with zero attached hydrogens (tertiary/aromatic N) is 2. The summed E-state index contributed by atoms with van der Waals surface area (Å²) in [6, 6.07) is 7.70. The van der Waals surface area contributed by atoms with Crippen molar-refractivity contribution >= 4 is 10.9 Å². The second kappa shape index (κ2) is 4.30. The van der Waals surface area contributed by atoms with Gasteiger partial charge in [-0.2, -0.15) is 0 Å². The van der Waals surface area contributed by atoms with E-state index in [1.54, 1.807) is 10.9 Å². The minimum Gasteiger partial charge on any atom is -0.381 e. The molecule has 17 heavy (non-hydrogen) atoms. The maximum atomic E-state index is 12.3. The third kappa shape index (κ3) is 1.85. The molecule has 0 aliphatic carbocycles. The van der Waals surface area contributed by atoms with Gasteiger partial charge in [0.2, 0.25) is 0 Å². The Kier molecular flexibility index (Phi) is 2.65. The fourth-order valence-corrected chi connectivity index (χ4v) is 2.31. The van der Waals surface area contributed by atoms with Gasteiger partial charge in [-0.25, -0.2) is 4.98 Å². The molecule has 2 aromatic rings. The molecule has 0 N–H and O–H groups in total. The Morgan fingerprint density at radius 2 is 2.00 bits per heavy atom. The van der Waals surface area contributed by atoms with E-state index < -0.39 is 0 Å². The Morgan fingerprint density at radius 1 is 1.24 bits per heavy atom. The number of benzene rings is 1. The fourth-order valence-electron chi connectivity index (χ4n) is 2.31. The van der Waals surface area contributed by atoms with Gasteiger partial charge in [0.15, 0.2) is 0 Å². The zero-order chi connectivity index (χ0) is 11.7. The SMILES string of the molecule is O=c1c2ccccc2ncn1C1CCOCC1. The van der Waals surface area contributed by atoms with Gasteiger partial charge < -0.3 is 4.74 Å². The van der Waals surface area contributed by atoms with Crippen LogP contribution in [0.25, 0.3) is 10.9 Å². The highest BCUT2D eigenvalue weighted by atomic mass is 16.5. The topological polar surface area (TPSA) is 44.1 Å². The molecule has 88 valence electrons. The summed E-state index contributed by atoms with van der Waals surface area (Å²) in [5, 5.41) is 0.696. The summed E-state index contributed by atoms with van der Waals surface area (Å²) in [6.45, 7) is 1.45. The molecule has 0 atom stereocenters. The molecule has 3 rings (SSSR count). The predicted molar refractivity (Wildman–Crippen MR) is 65.1 cm³/mol. The van der Waals surface area contributed by atoms with Crippen LogP contribution in [0.2, 0.25) is 0 Å². The summed E-state index contributed by atoms with van der Waals surface area (Å²) in [5.41, 5.74) is 0.823. The van der Waals surface area contributed by atoms with Crippen molar-refractivity contribution in [2.75, 3.05) is 13.2 Å². The summed E-state index contributed by atoms with van der Waals surface area (Å²) in [6.07, 6.45) is 3.44. The molecule has 1 aliphatic rings. The minimum absolute atomic E-state index is 0.0579. The second-order valence-corrected chi connectivity index (χ2v) is 4.32. The Morgan fingerprint density at radius 3 is 2.82 bits per heavy atom. The number of para-hydroxylation sites is 1. The number of hydrogen-bond donors (Lipinski definition) is 0. The van der Waals surface area contributed by atoms with E-state index >= 15 is 0 Å². The van der Waals surface area contributed by atoms with Crippen molar-refractivity contribution in [1.29, 1.82) is 0 Å². The Bertz CT molecular complexity index is 585. The first kappa shape index (κ1) is 10.5. The molecule has 0 amide bonds. The van der Waals surface area contributed by atoms with Gasteiger partial charge in [0.25, 0.3) is 5.56 Å². The maximum Gasteiger partial charge on any atom is 0.261 e. The Balaban J connectivity index is 2.11. The standard InChI is InChI=1S/C13H14N2O2/c16-13-11-3-1-2-4-12(11)14-9-15(13)10-5-7-17-8-6-10/h1-4,9-10H,5-8H2. The van der Waals surface area contributed by atoms with Gasteiger partial charge in [-0.15, -0.1) is 0 Å². The maximum absolute atomic E-state index is 12.3. The van der Waals surface area contributed by atoms with E-state index in [0.717, 1.165) is 31.6 Å². The van der Waals surface area contributed by atoms with Crippen molar-refractivity contribution in [2.24, 2.45) is 0 Å². The van der Waals surface area contributed by atoms with E-state index in [4.69, 9.17) is 4.74 Å². The van der Waals surface area contributed by atoms with Crippen LogP contribution in [0.1, 0.15) is 18.9 Å². The van der Waals surface area contributed by atoms with Crippen LogP contribution in [0.4, 0.5) is 0 Å². The van der Waals surface area contributed by atoms with Crippen molar-refractivity contribution in [1.82, 2.24) is 9.55 Å². The summed E-state index contributed by atoms with van der Waals surface area (Å²) in [4.78, 5) is 16.6. The van der Waals surface area contributed by atoms with Gasteiger partial charge in [0.1, 0.15) is 0 Å². The molecular weight excluding hydrogens is 216 g/mol. The van der Waals surface area contributed by atoms with Gasteiger partial charge in [-0.05, 0) is 25.0 Å². The van der Waals surface area contributed by atoms with Crippen LogP contribution < -0.4 is 5.56 Å². The van der Waals surface area contributed by atoms with Gasteiger partial charge in [-0.1, -0.05) is 12.1 Å². The number of fused-ring (bicyclic) bond motifs is 1. The van der Waals surface area contributed by atoms with Gasteiger partial charge in [-0.3, -0.25) is 9.36 Å². The Labute approximate surface area is 98.9 Å². The lowest BCUT2D eigenvalue weighted by Gasteiger charge is -2.23. The van der Waals surface area contributed by atoms with E-state index in [9.17, 15) is 4.79 Å². The van der Waals surface area contributed by atoms with Crippen LogP contribution in [0.3, 0.4) is 0 Å². The fraction of sp³-hybridized carbons (Fsp3) is 0.385. The van der Waals surface area contributed by atoms with Crippen LogP contribution in [-0.4, -0.2) is 22.8 Å². The lowest BCUT2D eigenvalue weighted by atomic mass is 10.1. The van der Waals surface area contributed by atoms with Crippen molar-refractivity contribution in [3.63, 3.8) is 0 Å². The van der Waals surface area contributed by atoms with E-state index in [-0.39, 0.29) is 11.6 Å². The van der Waals surface area contributed by atoms with E-state index in [0.29, 0.717) is 5.39 Å². The quantitative estimate of drug-likeness (QED) is 0.749. The molecule has 0 spiro atoms. The molecule has 0 bridgehead atoms. The average Bonchev–Trinajstić information content (AvgIpc) is 2.40. The van der Waals surface area contributed by atoms with Crippen LogP contribution in [0.15, 0.2) is 35.4 Å².